The van der Waals surface area contributed by atoms with Gasteiger partial charge in [-0.1, -0.05) is 12.1 Å². The Kier molecular flexibility index (Phi) is 7.08. The summed E-state index contributed by atoms with van der Waals surface area (Å²) >= 11 is 0. The number of carbonyl (C=O) groups is 2. The Morgan fingerprint density at radius 2 is 1.86 bits per heavy atom. The van der Waals surface area contributed by atoms with Crippen molar-refractivity contribution in [2.75, 3.05) is 28.6 Å². The van der Waals surface area contributed by atoms with E-state index < -0.39 is 41.3 Å². The van der Waals surface area contributed by atoms with Crippen molar-refractivity contribution in [1.82, 2.24) is 9.97 Å². The summed E-state index contributed by atoms with van der Waals surface area (Å²) in [4.78, 5) is 33.0. The number of halogens is 4. The van der Waals surface area contributed by atoms with Gasteiger partial charge in [-0.2, -0.15) is 18.2 Å². The van der Waals surface area contributed by atoms with Crippen molar-refractivity contribution >= 4 is 35.1 Å². The molecule has 2 aromatic heterocycles. The first-order valence-electron chi connectivity index (χ1n) is 10.9. The average molecular weight is 507 g/mol. The normalized spacial score (nSPS) is 14.5. The molecule has 1 aromatic carbocycles. The van der Waals surface area contributed by atoms with E-state index in [4.69, 9.17) is 9.52 Å². The lowest BCUT2D eigenvalue weighted by Gasteiger charge is -2.32. The van der Waals surface area contributed by atoms with Crippen LogP contribution in [0.3, 0.4) is 0 Å². The van der Waals surface area contributed by atoms with Gasteiger partial charge < -0.3 is 25.1 Å². The Morgan fingerprint density at radius 3 is 2.47 bits per heavy atom. The predicted octanol–water partition coefficient (Wildman–Crippen LogP) is 4.91. The summed E-state index contributed by atoms with van der Waals surface area (Å²) in [6, 6.07) is 7.61. The van der Waals surface area contributed by atoms with Crippen molar-refractivity contribution in [3.05, 3.63) is 59.9 Å². The second kappa shape index (κ2) is 10.2. The molecule has 1 fully saturated rings. The summed E-state index contributed by atoms with van der Waals surface area (Å²) < 4.78 is 59.3. The van der Waals surface area contributed by atoms with E-state index in [0.29, 0.717) is 31.7 Å². The first-order valence-corrected chi connectivity index (χ1v) is 10.9. The van der Waals surface area contributed by atoms with Crippen LogP contribution in [-0.2, 0) is 11.0 Å². The number of aromatic nitrogens is 2. The number of hydrogen-bond donors (Lipinski definition) is 3. The van der Waals surface area contributed by atoms with E-state index >= 15 is 0 Å². The Morgan fingerprint density at radius 1 is 1.14 bits per heavy atom. The zero-order valence-electron chi connectivity index (χ0n) is 18.7. The Labute approximate surface area is 202 Å². The summed E-state index contributed by atoms with van der Waals surface area (Å²) in [5.74, 6) is -3.19. The Balaban J connectivity index is 1.45. The van der Waals surface area contributed by atoms with Crippen LogP contribution in [0.1, 0.15) is 35.5 Å². The number of alkyl halides is 3. The predicted molar refractivity (Wildman–Crippen MR) is 121 cm³/mol. The van der Waals surface area contributed by atoms with E-state index in [0.717, 1.165) is 6.07 Å². The van der Waals surface area contributed by atoms with Gasteiger partial charge in [0.2, 0.25) is 5.76 Å². The van der Waals surface area contributed by atoms with E-state index in [-0.39, 0.29) is 23.7 Å². The van der Waals surface area contributed by atoms with Gasteiger partial charge >= 0.3 is 18.2 Å². The molecule has 3 aromatic rings. The molecule has 1 aliphatic heterocycles. The molecule has 36 heavy (non-hydrogen) atoms. The summed E-state index contributed by atoms with van der Waals surface area (Å²) in [6.07, 6.45) is -2.20. The molecule has 1 aliphatic rings. The highest BCUT2D eigenvalue weighted by molar-refractivity contribution is 6.03. The fraction of sp³-hybridized carbons (Fsp3) is 0.304. The van der Waals surface area contributed by atoms with Crippen LogP contribution >= 0.6 is 0 Å². The smallest absolute Gasteiger partial charge is 0.437 e. The molecule has 0 unspecified atom stereocenters. The number of rotatable bonds is 7. The quantitative estimate of drug-likeness (QED) is 0.386. The number of para-hydroxylation sites is 1. The number of oxazole rings is 1. The zero-order chi connectivity index (χ0) is 25.9. The van der Waals surface area contributed by atoms with Crippen molar-refractivity contribution in [3.63, 3.8) is 0 Å². The maximum Gasteiger partial charge on any atom is 0.437 e. The molecule has 4 rings (SSSR count). The zero-order valence-corrected chi connectivity index (χ0v) is 18.7. The summed E-state index contributed by atoms with van der Waals surface area (Å²) in [6.45, 7) is 1.23. The van der Waals surface area contributed by atoms with E-state index in [2.05, 4.69) is 20.6 Å². The molecule has 1 saturated heterocycles. The van der Waals surface area contributed by atoms with Crippen molar-refractivity contribution in [2.45, 2.75) is 25.4 Å². The third-order valence-corrected chi connectivity index (χ3v) is 5.62. The number of hydrogen-bond acceptors (Lipinski definition) is 7. The molecule has 0 bridgehead atoms. The molecule has 0 saturated carbocycles. The standard InChI is InChI=1S/C23H21F4N5O4/c24-15-3-1-2-4-16(15)30-22-31-20(23(25,26)27)19(36-22)21(35)29-14-5-6-17(28-12-14)32-9-7-13(8-10-32)11-18(33)34/h1-6,12-13H,7-11H2,(H,29,35)(H,30,31)(H,33,34). The second-order valence-corrected chi connectivity index (χ2v) is 8.19. The van der Waals surface area contributed by atoms with Crippen LogP contribution in [0.25, 0.3) is 0 Å². The fourth-order valence-corrected chi connectivity index (χ4v) is 3.85. The minimum Gasteiger partial charge on any atom is -0.481 e. The van der Waals surface area contributed by atoms with Crippen LogP contribution < -0.4 is 15.5 Å². The van der Waals surface area contributed by atoms with Gasteiger partial charge in [-0.05, 0) is 43.0 Å². The Bertz CT molecular complexity index is 1240. The molecule has 190 valence electrons. The fourth-order valence-electron chi connectivity index (χ4n) is 3.85. The lowest BCUT2D eigenvalue weighted by atomic mass is 9.94. The molecule has 3 heterocycles. The molecular weight excluding hydrogens is 486 g/mol. The number of piperidine rings is 1. The highest BCUT2D eigenvalue weighted by atomic mass is 19.4. The number of carboxylic acids is 1. The van der Waals surface area contributed by atoms with Gasteiger partial charge in [0, 0.05) is 19.5 Å². The van der Waals surface area contributed by atoms with Crippen molar-refractivity contribution < 1.29 is 36.7 Å². The SMILES string of the molecule is O=C(O)CC1CCN(c2ccc(NC(=O)c3oc(Nc4ccccc4F)nc3C(F)(F)F)cn2)CC1. The number of amides is 1. The third-order valence-electron chi connectivity index (χ3n) is 5.62. The molecule has 0 spiro atoms. The van der Waals surface area contributed by atoms with Gasteiger partial charge in [0.15, 0.2) is 5.69 Å². The van der Waals surface area contributed by atoms with Gasteiger partial charge in [0.05, 0.1) is 17.6 Å². The molecule has 0 atom stereocenters. The average Bonchev–Trinajstić information content (AvgIpc) is 3.26. The van der Waals surface area contributed by atoms with Crippen molar-refractivity contribution in [3.8, 4) is 0 Å². The minimum atomic E-state index is -5.00. The lowest BCUT2D eigenvalue weighted by molar-refractivity contribution is -0.141. The maximum atomic E-state index is 13.8. The molecule has 3 N–H and O–H groups in total. The van der Waals surface area contributed by atoms with Crippen LogP contribution in [0, 0.1) is 11.7 Å². The van der Waals surface area contributed by atoms with Gasteiger partial charge in [-0.25, -0.2) is 9.37 Å². The van der Waals surface area contributed by atoms with Crippen LogP contribution in [0.5, 0.6) is 0 Å². The minimum absolute atomic E-state index is 0.0970. The van der Waals surface area contributed by atoms with E-state index in [9.17, 15) is 27.2 Å². The van der Waals surface area contributed by atoms with Crippen LogP contribution in [-0.4, -0.2) is 40.0 Å². The van der Waals surface area contributed by atoms with Crippen LogP contribution in [0.2, 0.25) is 0 Å². The topological polar surface area (TPSA) is 121 Å². The Hall–Kier alpha value is -4.16. The van der Waals surface area contributed by atoms with Gasteiger partial charge in [0.1, 0.15) is 11.6 Å². The first kappa shape index (κ1) is 24.9. The van der Waals surface area contributed by atoms with E-state index in [1.807, 2.05) is 4.90 Å². The first-order chi connectivity index (χ1) is 17.1. The van der Waals surface area contributed by atoms with Crippen LogP contribution in [0.4, 0.5) is 40.8 Å². The number of nitrogens with zero attached hydrogens (tertiary/aromatic N) is 3. The summed E-state index contributed by atoms with van der Waals surface area (Å²) in [5.41, 5.74) is -1.61. The molecule has 0 radical (unpaired) electrons. The van der Waals surface area contributed by atoms with E-state index in [1.54, 1.807) is 6.07 Å². The summed E-state index contributed by atoms with van der Waals surface area (Å²) in [7, 11) is 0. The van der Waals surface area contributed by atoms with Gasteiger partial charge in [-0.15, -0.1) is 0 Å². The number of aliphatic carboxylic acids is 1. The molecule has 9 nitrogen and oxygen atoms in total. The second-order valence-electron chi connectivity index (χ2n) is 8.19. The molecule has 1 amide bonds. The van der Waals surface area contributed by atoms with Crippen LogP contribution in [0.15, 0.2) is 47.0 Å². The summed E-state index contributed by atoms with van der Waals surface area (Å²) in [5, 5.41) is 13.5. The van der Waals surface area contributed by atoms with Gasteiger partial charge in [-0.3, -0.25) is 9.59 Å². The largest absolute Gasteiger partial charge is 0.481 e. The number of benzene rings is 1. The molecule has 13 heteroatoms. The number of carboxylic acid groups (broad SMARTS) is 1. The number of anilines is 4. The third kappa shape index (κ3) is 5.90. The van der Waals surface area contributed by atoms with Crippen molar-refractivity contribution in [1.29, 1.82) is 0 Å². The highest BCUT2D eigenvalue weighted by Crippen LogP contribution is 2.34. The van der Waals surface area contributed by atoms with Crippen molar-refractivity contribution in [2.24, 2.45) is 5.92 Å². The number of nitrogens with one attached hydrogen (secondary N) is 2. The highest BCUT2D eigenvalue weighted by Gasteiger charge is 2.41. The number of pyridine rings is 1. The lowest BCUT2D eigenvalue weighted by Crippen LogP contribution is -2.34. The molecule has 0 aliphatic carbocycles. The van der Waals surface area contributed by atoms with E-state index in [1.165, 1.54) is 30.5 Å². The molecular formula is C23H21F4N5O4. The monoisotopic (exact) mass is 507 g/mol. The van der Waals surface area contributed by atoms with Gasteiger partial charge in [0.25, 0.3) is 5.91 Å². The number of carbonyl (C=O) groups excluding carboxylic acids is 1. The maximum absolute atomic E-state index is 13.8.